The third-order valence-corrected chi connectivity index (χ3v) is 3.04. The minimum Gasteiger partial charge on any atom is -0.391 e. The monoisotopic (exact) mass is 312 g/mol. The van der Waals surface area contributed by atoms with Crippen molar-refractivity contribution in [2.45, 2.75) is 84.2 Å². The first-order chi connectivity index (χ1) is 9.07. The van der Waals surface area contributed by atoms with Crippen LogP contribution in [0, 0.1) is 0 Å². The molecular formula is C15H28CaO4+2. The van der Waals surface area contributed by atoms with Gasteiger partial charge < -0.3 is 9.84 Å². The van der Waals surface area contributed by atoms with Crippen molar-refractivity contribution in [2.75, 3.05) is 0 Å². The Morgan fingerprint density at radius 1 is 0.950 bits per heavy atom. The second-order valence-electron chi connectivity index (χ2n) is 5.05. The van der Waals surface area contributed by atoms with Gasteiger partial charge in [0.15, 0.2) is 0 Å². The van der Waals surface area contributed by atoms with Crippen LogP contribution in [-0.2, 0) is 14.3 Å². The van der Waals surface area contributed by atoms with Gasteiger partial charge in [0.05, 0.1) is 0 Å². The smallest absolute Gasteiger partial charge is 0.391 e. The topological polar surface area (TPSA) is 63.6 Å². The molecule has 0 bridgehead atoms. The first kappa shape index (κ1) is 22.6. The van der Waals surface area contributed by atoms with E-state index in [0.717, 1.165) is 19.3 Å². The number of rotatable bonds is 11. The number of ether oxygens (including phenoxy) is 1. The predicted octanol–water partition coefficient (Wildman–Crippen LogP) is 2.98. The molecule has 0 aromatic carbocycles. The van der Waals surface area contributed by atoms with Gasteiger partial charge in [0.2, 0.25) is 0 Å². The summed E-state index contributed by atoms with van der Waals surface area (Å²) in [5, 5.41) is 8.87. The molecule has 0 aromatic heterocycles. The van der Waals surface area contributed by atoms with Gasteiger partial charge in [0.25, 0.3) is 0 Å². The Kier molecular flexibility index (Phi) is 17.8. The van der Waals surface area contributed by atoms with Crippen LogP contribution in [0.5, 0.6) is 0 Å². The fraction of sp³-hybridized carbons (Fsp3) is 0.867. The molecule has 0 amide bonds. The van der Waals surface area contributed by atoms with Gasteiger partial charge in [-0.25, -0.2) is 4.79 Å². The van der Waals surface area contributed by atoms with E-state index in [9.17, 15) is 9.59 Å². The number of aliphatic hydroxyl groups excluding tert-OH is 1. The second-order valence-corrected chi connectivity index (χ2v) is 5.05. The largest absolute Gasteiger partial charge is 2.00 e. The summed E-state index contributed by atoms with van der Waals surface area (Å²) in [5.74, 6) is -1.39. The molecule has 0 rings (SSSR count). The fourth-order valence-electron chi connectivity index (χ4n) is 1.83. The average molecular weight is 312 g/mol. The predicted molar refractivity (Wildman–Crippen MR) is 80.4 cm³/mol. The first-order valence-corrected chi connectivity index (χ1v) is 7.50. The summed E-state index contributed by atoms with van der Waals surface area (Å²) in [6.45, 7) is 3.50. The minimum absolute atomic E-state index is 0. The second kappa shape index (κ2) is 15.7. The van der Waals surface area contributed by atoms with Crippen LogP contribution in [0.1, 0.15) is 78.1 Å². The van der Waals surface area contributed by atoms with Crippen LogP contribution in [-0.4, -0.2) is 60.9 Å². The zero-order valence-electron chi connectivity index (χ0n) is 13.0. The summed E-state index contributed by atoms with van der Waals surface area (Å²) < 4.78 is 4.46. The van der Waals surface area contributed by atoms with Crippen molar-refractivity contribution in [3.63, 3.8) is 0 Å². The molecule has 0 aliphatic heterocycles. The molecule has 0 saturated carbocycles. The Balaban J connectivity index is 0. The molecule has 1 N–H and O–H groups in total. The van der Waals surface area contributed by atoms with Gasteiger partial charge in [-0.2, -0.15) is 0 Å². The Morgan fingerprint density at radius 2 is 1.40 bits per heavy atom. The molecule has 20 heavy (non-hydrogen) atoms. The maximum atomic E-state index is 11.2. The van der Waals surface area contributed by atoms with Gasteiger partial charge in [-0.05, 0) is 13.3 Å². The van der Waals surface area contributed by atoms with E-state index < -0.39 is 18.0 Å². The van der Waals surface area contributed by atoms with Crippen molar-refractivity contribution in [1.29, 1.82) is 0 Å². The zero-order chi connectivity index (χ0) is 14.5. The third-order valence-electron chi connectivity index (χ3n) is 3.04. The standard InChI is InChI=1S/C15H28O4.Ca/c1-3-4-5-6-7-8-9-10-11-12-14(17)19-15(18)13(2)16;/h13,16H,3-12H2,1-2H3;/q;+2. The zero-order valence-corrected chi connectivity index (χ0v) is 15.2. The number of esters is 2. The minimum atomic E-state index is -1.23. The molecule has 1 unspecified atom stereocenters. The molecule has 5 heteroatoms. The van der Waals surface area contributed by atoms with Gasteiger partial charge in [-0.1, -0.05) is 58.3 Å². The molecular weight excluding hydrogens is 284 g/mol. The van der Waals surface area contributed by atoms with Crippen LogP contribution in [0.4, 0.5) is 0 Å². The molecule has 0 aliphatic carbocycles. The van der Waals surface area contributed by atoms with E-state index in [1.54, 1.807) is 0 Å². The third kappa shape index (κ3) is 14.8. The van der Waals surface area contributed by atoms with Crippen molar-refractivity contribution in [3.8, 4) is 0 Å². The van der Waals surface area contributed by atoms with E-state index in [2.05, 4.69) is 11.7 Å². The summed E-state index contributed by atoms with van der Waals surface area (Å²) in [7, 11) is 0. The summed E-state index contributed by atoms with van der Waals surface area (Å²) in [6, 6.07) is 0. The molecule has 0 aromatic rings. The Bertz CT molecular complexity index is 254. The number of carbonyl (C=O) groups excluding carboxylic acids is 2. The van der Waals surface area contributed by atoms with Crippen molar-refractivity contribution < 1.29 is 19.4 Å². The molecule has 0 saturated heterocycles. The van der Waals surface area contributed by atoms with Gasteiger partial charge >= 0.3 is 49.7 Å². The molecule has 0 radical (unpaired) electrons. The number of hydrogen-bond acceptors (Lipinski definition) is 4. The Morgan fingerprint density at radius 3 is 1.85 bits per heavy atom. The number of unbranched alkanes of at least 4 members (excludes halogenated alkanes) is 8. The van der Waals surface area contributed by atoms with Gasteiger partial charge in [-0.3, -0.25) is 4.79 Å². The maximum absolute atomic E-state index is 11.2. The van der Waals surface area contributed by atoms with E-state index in [1.165, 1.54) is 45.4 Å². The fourth-order valence-corrected chi connectivity index (χ4v) is 1.83. The van der Waals surface area contributed by atoms with Crippen molar-refractivity contribution in [1.82, 2.24) is 0 Å². The molecule has 0 heterocycles. The Labute approximate surface area is 152 Å². The van der Waals surface area contributed by atoms with E-state index >= 15 is 0 Å². The van der Waals surface area contributed by atoms with Gasteiger partial charge in [0.1, 0.15) is 6.10 Å². The normalized spacial score (nSPS) is 11.6. The quantitative estimate of drug-likeness (QED) is 0.276. The molecule has 0 aliphatic rings. The summed E-state index contributed by atoms with van der Waals surface area (Å²) in [5.41, 5.74) is 0. The van der Waals surface area contributed by atoms with E-state index in [4.69, 9.17) is 5.11 Å². The molecule has 1 atom stereocenters. The number of aliphatic hydroxyl groups is 1. The van der Waals surface area contributed by atoms with Crippen molar-refractivity contribution in [2.24, 2.45) is 0 Å². The molecule has 0 spiro atoms. The van der Waals surface area contributed by atoms with Crippen LogP contribution < -0.4 is 0 Å². The first-order valence-electron chi connectivity index (χ1n) is 7.50. The van der Waals surface area contributed by atoms with Crippen LogP contribution >= 0.6 is 0 Å². The molecule has 4 nitrogen and oxygen atoms in total. The maximum Gasteiger partial charge on any atom is 2.00 e. The van der Waals surface area contributed by atoms with E-state index in [1.807, 2.05) is 0 Å². The summed E-state index contributed by atoms with van der Waals surface area (Å²) in [4.78, 5) is 22.1. The summed E-state index contributed by atoms with van der Waals surface area (Å²) in [6.07, 6.45) is 9.60. The average Bonchev–Trinajstić information content (AvgIpc) is 2.36. The summed E-state index contributed by atoms with van der Waals surface area (Å²) >= 11 is 0. The Hall–Kier alpha value is 0.360. The van der Waals surface area contributed by atoms with Crippen LogP contribution in [0.2, 0.25) is 0 Å². The van der Waals surface area contributed by atoms with E-state index in [-0.39, 0.29) is 44.2 Å². The molecule has 0 fully saturated rings. The van der Waals surface area contributed by atoms with Gasteiger partial charge in [-0.15, -0.1) is 0 Å². The van der Waals surface area contributed by atoms with Crippen LogP contribution in [0.3, 0.4) is 0 Å². The van der Waals surface area contributed by atoms with Crippen molar-refractivity contribution >= 4 is 49.7 Å². The van der Waals surface area contributed by atoms with Crippen LogP contribution in [0.25, 0.3) is 0 Å². The number of carbonyl (C=O) groups is 2. The van der Waals surface area contributed by atoms with Gasteiger partial charge in [0, 0.05) is 6.42 Å². The number of hydrogen-bond donors (Lipinski definition) is 1. The molecule has 112 valence electrons. The van der Waals surface area contributed by atoms with Crippen LogP contribution in [0.15, 0.2) is 0 Å². The SMILES string of the molecule is CCCCCCCCCCCC(=O)OC(=O)C(C)O.[Ca+2]. The van der Waals surface area contributed by atoms with E-state index in [0.29, 0.717) is 0 Å². The van der Waals surface area contributed by atoms with Crippen molar-refractivity contribution in [3.05, 3.63) is 0 Å².